The Morgan fingerprint density at radius 2 is 1.76 bits per heavy atom. The number of sulfonamides is 1. The van der Waals surface area contributed by atoms with Gasteiger partial charge in [-0.1, -0.05) is 39.8 Å². The Morgan fingerprint density at radius 1 is 1.15 bits per heavy atom. The van der Waals surface area contributed by atoms with E-state index in [0.717, 1.165) is 17.4 Å². The Labute approximate surface area is 195 Å². The Balaban J connectivity index is 1.71. The molecule has 1 saturated carbocycles. The second-order valence-electron chi connectivity index (χ2n) is 9.98. The van der Waals surface area contributed by atoms with Crippen LogP contribution in [0.15, 0.2) is 30.3 Å². The fraction of sp³-hybridized carbons (Fsp3) is 0.480. The van der Waals surface area contributed by atoms with Crippen LogP contribution in [0.25, 0.3) is 0 Å². The Bertz CT molecular complexity index is 1150. The lowest BCUT2D eigenvalue weighted by Crippen LogP contribution is -2.30. The van der Waals surface area contributed by atoms with Crippen LogP contribution in [0, 0.1) is 24.5 Å². The first-order valence-electron chi connectivity index (χ1n) is 11.1. The summed E-state index contributed by atoms with van der Waals surface area (Å²) in [6.07, 6.45) is 2.28. The van der Waals surface area contributed by atoms with E-state index in [1.807, 2.05) is 13.0 Å². The smallest absolute Gasteiger partial charge is 0.229 e. The number of anilines is 1. The summed E-state index contributed by atoms with van der Waals surface area (Å²) >= 11 is 0. The highest BCUT2D eigenvalue weighted by Gasteiger charge is 2.45. The highest BCUT2D eigenvalue weighted by molar-refractivity contribution is 7.92. The molecule has 0 spiro atoms. The molecule has 3 rings (SSSR count). The summed E-state index contributed by atoms with van der Waals surface area (Å²) in [5.41, 5.74) is 2.03. The van der Waals surface area contributed by atoms with Gasteiger partial charge in [-0.25, -0.2) is 17.2 Å². The van der Waals surface area contributed by atoms with Gasteiger partial charge in [0.05, 0.1) is 18.0 Å². The first kappa shape index (κ1) is 25.1. The highest BCUT2D eigenvalue weighted by Crippen LogP contribution is 2.49. The van der Waals surface area contributed by atoms with E-state index < -0.39 is 27.1 Å². The molecule has 0 bridgehead atoms. The molecule has 2 aromatic rings. The quantitative estimate of drug-likeness (QED) is 0.566. The van der Waals surface area contributed by atoms with Gasteiger partial charge in [-0.3, -0.25) is 9.52 Å². The van der Waals surface area contributed by atoms with Gasteiger partial charge < -0.3 is 5.32 Å². The zero-order valence-electron chi connectivity index (χ0n) is 19.9. The van der Waals surface area contributed by atoms with E-state index in [-0.39, 0.29) is 29.3 Å². The van der Waals surface area contributed by atoms with Gasteiger partial charge in [-0.2, -0.15) is 0 Å². The average Bonchev–Trinajstić information content (AvgIpc) is 3.46. The van der Waals surface area contributed by atoms with Gasteiger partial charge in [-0.15, -0.1) is 0 Å². The van der Waals surface area contributed by atoms with Crippen LogP contribution in [-0.2, 0) is 20.2 Å². The standard InChI is InChI=1S/C25H32F2N2O3S/c1-7-21(15-8-9-22(14(2)10-15)29-33(6,31)32)28-24(30)18-13-17(18)16-11-19(26)23(20(27)12-16)25(3,4)5/h8-12,17-18,21,29H,7,13H2,1-6H3,(H,28,30). The van der Waals surface area contributed by atoms with Crippen LogP contribution >= 0.6 is 0 Å². The lowest BCUT2D eigenvalue weighted by Gasteiger charge is -2.21. The number of hydrogen-bond donors (Lipinski definition) is 2. The second-order valence-corrected chi connectivity index (χ2v) is 11.7. The van der Waals surface area contributed by atoms with Crippen LogP contribution in [0.1, 0.15) is 74.8 Å². The van der Waals surface area contributed by atoms with E-state index in [1.165, 1.54) is 12.1 Å². The third-order valence-corrected chi connectivity index (χ3v) is 6.63. The van der Waals surface area contributed by atoms with Crippen molar-refractivity contribution in [2.24, 2.45) is 5.92 Å². The number of carbonyl (C=O) groups excluding carboxylic acids is 1. The minimum absolute atomic E-state index is 0.0585. The molecule has 3 unspecified atom stereocenters. The molecule has 0 saturated heterocycles. The number of carbonyl (C=O) groups is 1. The molecule has 8 heteroatoms. The number of aryl methyl sites for hydroxylation is 1. The number of halogens is 2. The Hall–Kier alpha value is -2.48. The van der Waals surface area contributed by atoms with Crippen molar-refractivity contribution < 1.29 is 22.0 Å². The van der Waals surface area contributed by atoms with Gasteiger partial charge in [0.15, 0.2) is 0 Å². The number of nitrogens with one attached hydrogen (secondary N) is 2. The molecule has 2 aromatic carbocycles. The summed E-state index contributed by atoms with van der Waals surface area (Å²) in [7, 11) is -3.38. The first-order chi connectivity index (χ1) is 15.2. The zero-order chi connectivity index (χ0) is 24.7. The number of hydrogen-bond acceptors (Lipinski definition) is 3. The average molecular weight is 479 g/mol. The van der Waals surface area contributed by atoms with Gasteiger partial charge in [-0.05, 0) is 66.0 Å². The van der Waals surface area contributed by atoms with E-state index in [0.29, 0.717) is 24.1 Å². The Kier molecular flexibility index (Phi) is 6.89. The molecule has 3 atom stereocenters. The fourth-order valence-electron chi connectivity index (χ4n) is 4.29. The predicted molar refractivity (Wildman–Crippen MR) is 127 cm³/mol. The Morgan fingerprint density at radius 3 is 2.24 bits per heavy atom. The van der Waals surface area contributed by atoms with Crippen molar-refractivity contribution in [3.05, 3.63) is 64.2 Å². The summed E-state index contributed by atoms with van der Waals surface area (Å²) in [5.74, 6) is -1.83. The van der Waals surface area contributed by atoms with Crippen LogP contribution < -0.4 is 10.0 Å². The molecule has 2 N–H and O–H groups in total. The van der Waals surface area contributed by atoms with Crippen molar-refractivity contribution in [1.82, 2.24) is 5.32 Å². The third kappa shape index (κ3) is 5.91. The van der Waals surface area contributed by atoms with Crippen molar-refractivity contribution in [1.29, 1.82) is 0 Å². The molecule has 180 valence electrons. The maximum Gasteiger partial charge on any atom is 0.229 e. The van der Waals surface area contributed by atoms with Crippen LogP contribution in [-0.4, -0.2) is 20.6 Å². The molecular weight excluding hydrogens is 446 g/mol. The first-order valence-corrected chi connectivity index (χ1v) is 13.0. The van der Waals surface area contributed by atoms with Crippen LogP contribution in [0.3, 0.4) is 0 Å². The van der Waals surface area contributed by atoms with Gasteiger partial charge >= 0.3 is 0 Å². The number of rotatable bonds is 7. The van der Waals surface area contributed by atoms with E-state index >= 15 is 0 Å². The van der Waals surface area contributed by atoms with E-state index in [4.69, 9.17) is 0 Å². The van der Waals surface area contributed by atoms with Crippen molar-refractivity contribution in [2.45, 2.75) is 64.8 Å². The molecule has 33 heavy (non-hydrogen) atoms. The van der Waals surface area contributed by atoms with Crippen LogP contribution in [0.4, 0.5) is 14.5 Å². The normalized spacial score (nSPS) is 19.2. The van der Waals surface area contributed by atoms with Gasteiger partial charge in [0.25, 0.3) is 0 Å². The van der Waals surface area contributed by atoms with Crippen LogP contribution in [0.2, 0.25) is 0 Å². The summed E-state index contributed by atoms with van der Waals surface area (Å²) in [5, 5.41) is 3.04. The largest absolute Gasteiger partial charge is 0.349 e. The number of benzene rings is 2. The van der Waals surface area contributed by atoms with Crippen LogP contribution in [0.5, 0.6) is 0 Å². The second kappa shape index (κ2) is 9.05. The molecule has 5 nitrogen and oxygen atoms in total. The molecular formula is C25H32F2N2O3S. The zero-order valence-corrected chi connectivity index (χ0v) is 20.7. The van der Waals surface area contributed by atoms with Crippen molar-refractivity contribution in [3.8, 4) is 0 Å². The topological polar surface area (TPSA) is 75.3 Å². The minimum atomic E-state index is -3.38. The molecule has 0 heterocycles. The molecule has 1 amide bonds. The number of amides is 1. The molecule has 0 aliphatic heterocycles. The minimum Gasteiger partial charge on any atom is -0.349 e. The lowest BCUT2D eigenvalue weighted by atomic mass is 9.85. The molecule has 1 aliphatic carbocycles. The highest BCUT2D eigenvalue weighted by atomic mass is 32.2. The molecule has 1 aliphatic rings. The molecule has 1 fully saturated rings. The predicted octanol–water partition coefficient (Wildman–Crippen LogP) is 5.31. The SMILES string of the molecule is CCC(NC(=O)C1CC1c1cc(F)c(C(C)(C)C)c(F)c1)c1ccc(NS(C)(=O)=O)c(C)c1. The summed E-state index contributed by atoms with van der Waals surface area (Å²) in [6, 6.07) is 7.79. The van der Waals surface area contributed by atoms with E-state index in [1.54, 1.807) is 39.8 Å². The summed E-state index contributed by atoms with van der Waals surface area (Å²) in [4.78, 5) is 12.9. The summed E-state index contributed by atoms with van der Waals surface area (Å²) in [6.45, 7) is 9.03. The lowest BCUT2D eigenvalue weighted by molar-refractivity contribution is -0.123. The summed E-state index contributed by atoms with van der Waals surface area (Å²) < 4.78 is 54.7. The van der Waals surface area contributed by atoms with Gasteiger partial charge in [0.1, 0.15) is 11.6 Å². The fourth-order valence-corrected chi connectivity index (χ4v) is 4.92. The van der Waals surface area contributed by atoms with Crippen molar-refractivity contribution >= 4 is 21.6 Å². The molecule has 0 radical (unpaired) electrons. The maximum absolute atomic E-state index is 14.6. The van der Waals surface area contributed by atoms with Crippen molar-refractivity contribution in [3.63, 3.8) is 0 Å². The third-order valence-electron chi connectivity index (χ3n) is 6.04. The van der Waals surface area contributed by atoms with Gasteiger partial charge in [0, 0.05) is 11.5 Å². The monoisotopic (exact) mass is 478 g/mol. The van der Waals surface area contributed by atoms with Crippen molar-refractivity contribution in [2.75, 3.05) is 11.0 Å². The molecule has 0 aromatic heterocycles. The van der Waals surface area contributed by atoms with E-state index in [2.05, 4.69) is 10.0 Å². The van der Waals surface area contributed by atoms with Gasteiger partial charge in [0.2, 0.25) is 15.9 Å². The maximum atomic E-state index is 14.6. The van der Waals surface area contributed by atoms with E-state index in [9.17, 15) is 22.0 Å².